The zero-order chi connectivity index (χ0) is 32.1. The van der Waals surface area contributed by atoms with Crippen molar-refractivity contribution in [2.75, 3.05) is 0 Å². The minimum absolute atomic E-state index is 0.912. The van der Waals surface area contributed by atoms with Gasteiger partial charge in [0.25, 0.3) is 0 Å². The lowest BCUT2D eigenvalue weighted by molar-refractivity contribution is 0.673. The molecule has 0 unspecified atom stereocenters. The lowest BCUT2D eigenvalue weighted by atomic mass is 9.85. The van der Waals surface area contributed by atoms with Gasteiger partial charge in [-0.05, 0) is 106 Å². The molecule has 0 atom stereocenters. The number of hydrogen-bond acceptors (Lipinski definition) is 1. The molecule has 0 fully saturated rings. The van der Waals surface area contributed by atoms with Crippen molar-refractivity contribution in [2.24, 2.45) is 0 Å². The third-order valence-electron chi connectivity index (χ3n) is 10.6. The third-order valence-corrected chi connectivity index (χ3v) is 10.6. The Balaban J connectivity index is 1.20. The molecule has 1 nitrogen and oxygen atoms in total. The maximum absolute atomic E-state index is 6.65. The molecule has 0 spiro atoms. The van der Waals surface area contributed by atoms with E-state index in [9.17, 15) is 0 Å². The van der Waals surface area contributed by atoms with E-state index in [0.29, 0.717) is 0 Å². The van der Waals surface area contributed by atoms with Crippen molar-refractivity contribution in [2.45, 2.75) is 0 Å². The molecular weight excluding hydrogens is 593 g/mol. The molecule has 10 aromatic carbocycles. The zero-order valence-corrected chi connectivity index (χ0v) is 26.6. The van der Waals surface area contributed by atoms with Crippen LogP contribution in [0.5, 0.6) is 0 Å². The van der Waals surface area contributed by atoms with Gasteiger partial charge >= 0.3 is 0 Å². The average molecular weight is 621 g/mol. The van der Waals surface area contributed by atoms with Gasteiger partial charge in [-0.15, -0.1) is 0 Å². The van der Waals surface area contributed by atoms with E-state index >= 15 is 0 Å². The monoisotopic (exact) mass is 620 g/mol. The number of hydrogen-bond donors (Lipinski definition) is 0. The van der Waals surface area contributed by atoms with Gasteiger partial charge in [-0.2, -0.15) is 0 Å². The Morgan fingerprint density at radius 2 is 0.673 bits per heavy atom. The second-order valence-corrected chi connectivity index (χ2v) is 13.2. The maximum atomic E-state index is 6.65. The quantitative estimate of drug-likeness (QED) is 0.138. The van der Waals surface area contributed by atoms with E-state index in [0.717, 1.165) is 32.9 Å². The van der Waals surface area contributed by atoms with Gasteiger partial charge in [-0.3, -0.25) is 0 Å². The molecule has 1 heteroatoms. The summed E-state index contributed by atoms with van der Waals surface area (Å²) in [6.45, 7) is 0. The van der Waals surface area contributed by atoms with E-state index in [2.05, 4.69) is 170 Å². The predicted molar refractivity (Wildman–Crippen MR) is 210 cm³/mol. The highest BCUT2D eigenvalue weighted by Crippen LogP contribution is 2.46. The normalized spacial score (nSPS) is 12.1. The molecule has 0 saturated carbocycles. The summed E-state index contributed by atoms with van der Waals surface area (Å²) in [5.41, 5.74) is 6.75. The van der Waals surface area contributed by atoms with Crippen molar-refractivity contribution >= 4 is 86.6 Å². The Morgan fingerprint density at radius 3 is 1.24 bits per heavy atom. The van der Waals surface area contributed by atoms with Crippen LogP contribution in [0.4, 0.5) is 0 Å². The number of rotatable bonds is 2. The lowest BCUT2D eigenvalue weighted by Crippen LogP contribution is -1.91. The highest BCUT2D eigenvalue weighted by molar-refractivity contribution is 6.27. The highest BCUT2D eigenvalue weighted by Gasteiger charge is 2.19. The number of fused-ring (bicyclic) bond motifs is 13. The second kappa shape index (κ2) is 10.0. The molecule has 0 bridgehead atoms. The molecule has 0 aliphatic rings. The first kappa shape index (κ1) is 26.6. The summed E-state index contributed by atoms with van der Waals surface area (Å²) >= 11 is 0. The van der Waals surface area contributed by atoms with Crippen LogP contribution in [0.15, 0.2) is 174 Å². The fourth-order valence-corrected chi connectivity index (χ4v) is 8.47. The molecule has 0 amide bonds. The van der Waals surface area contributed by atoms with Crippen LogP contribution in [-0.4, -0.2) is 0 Å². The van der Waals surface area contributed by atoms with Crippen molar-refractivity contribution < 1.29 is 4.42 Å². The van der Waals surface area contributed by atoms with Gasteiger partial charge in [-0.1, -0.05) is 146 Å². The summed E-state index contributed by atoms with van der Waals surface area (Å²) in [4.78, 5) is 0. The minimum atomic E-state index is 0.912. The van der Waals surface area contributed by atoms with Crippen molar-refractivity contribution in [3.8, 4) is 22.3 Å². The van der Waals surface area contributed by atoms with Gasteiger partial charge in [0.1, 0.15) is 11.2 Å². The molecule has 0 aliphatic carbocycles. The minimum Gasteiger partial charge on any atom is -0.455 e. The van der Waals surface area contributed by atoms with Crippen molar-refractivity contribution in [3.63, 3.8) is 0 Å². The maximum Gasteiger partial charge on any atom is 0.143 e. The summed E-state index contributed by atoms with van der Waals surface area (Å²) in [6.07, 6.45) is 0. The standard InChI is InChI=1S/C48H28O/c1-2-12-32-29(11-1)21-26-43-38-25-23-31(28-45(38)49-48(32)43)47-41-19-9-7-17-39(41)46(40-18-8-10-20-42(40)47)30-22-24-37-35-15-4-3-13-33(35)34-14-5-6-16-36(34)44(37)27-30/h1-28H. The molecular formula is C48H28O. The first-order valence-corrected chi connectivity index (χ1v) is 16.9. The van der Waals surface area contributed by atoms with Crippen LogP contribution in [0.3, 0.4) is 0 Å². The van der Waals surface area contributed by atoms with Crippen LogP contribution < -0.4 is 0 Å². The molecule has 1 heterocycles. The van der Waals surface area contributed by atoms with E-state index < -0.39 is 0 Å². The summed E-state index contributed by atoms with van der Waals surface area (Å²) < 4.78 is 6.65. The van der Waals surface area contributed by atoms with Gasteiger partial charge in [-0.25, -0.2) is 0 Å². The fourth-order valence-electron chi connectivity index (χ4n) is 8.47. The first-order valence-electron chi connectivity index (χ1n) is 16.9. The Labute approximate surface area is 282 Å². The summed E-state index contributed by atoms with van der Waals surface area (Å²) in [7, 11) is 0. The first-order chi connectivity index (χ1) is 24.3. The van der Waals surface area contributed by atoms with Crippen LogP contribution in [0.1, 0.15) is 0 Å². The Hall–Kier alpha value is -6.44. The van der Waals surface area contributed by atoms with Crippen molar-refractivity contribution in [1.82, 2.24) is 0 Å². The van der Waals surface area contributed by atoms with Gasteiger partial charge in [0.2, 0.25) is 0 Å². The summed E-state index contributed by atoms with van der Waals surface area (Å²) in [5.74, 6) is 0. The van der Waals surface area contributed by atoms with Crippen molar-refractivity contribution in [3.05, 3.63) is 170 Å². The predicted octanol–water partition coefficient (Wildman–Crippen LogP) is 13.8. The van der Waals surface area contributed by atoms with Crippen molar-refractivity contribution in [1.29, 1.82) is 0 Å². The van der Waals surface area contributed by atoms with E-state index in [1.165, 1.54) is 75.9 Å². The number of benzene rings is 10. The number of furan rings is 1. The summed E-state index contributed by atoms with van der Waals surface area (Å²) in [6, 6.07) is 62.1. The molecule has 0 radical (unpaired) electrons. The second-order valence-electron chi connectivity index (χ2n) is 13.2. The van der Waals surface area contributed by atoms with Gasteiger partial charge < -0.3 is 4.42 Å². The lowest BCUT2D eigenvalue weighted by Gasteiger charge is -2.18. The highest BCUT2D eigenvalue weighted by atomic mass is 16.3. The molecule has 226 valence electrons. The summed E-state index contributed by atoms with van der Waals surface area (Å²) in [5, 5.41) is 17.3. The van der Waals surface area contributed by atoms with Crippen LogP contribution in [0.25, 0.3) is 109 Å². The molecule has 49 heavy (non-hydrogen) atoms. The SMILES string of the molecule is c1ccc2c(c1)ccc1c3ccc(-c4c5ccccc5c(-c5ccc6c7ccccc7c7ccccc7c6c5)c5ccccc45)cc3oc21. The molecule has 0 aliphatic heterocycles. The smallest absolute Gasteiger partial charge is 0.143 e. The zero-order valence-electron chi connectivity index (χ0n) is 26.6. The van der Waals surface area contributed by atoms with Crippen LogP contribution >= 0.6 is 0 Å². The van der Waals surface area contributed by atoms with E-state index in [1.807, 2.05) is 0 Å². The van der Waals surface area contributed by atoms with Gasteiger partial charge in [0.05, 0.1) is 0 Å². The van der Waals surface area contributed by atoms with Crippen LogP contribution in [0.2, 0.25) is 0 Å². The van der Waals surface area contributed by atoms with Crippen LogP contribution in [0, 0.1) is 0 Å². The Morgan fingerprint density at radius 1 is 0.265 bits per heavy atom. The third kappa shape index (κ3) is 3.76. The van der Waals surface area contributed by atoms with E-state index in [1.54, 1.807) is 0 Å². The van der Waals surface area contributed by atoms with Gasteiger partial charge in [0.15, 0.2) is 0 Å². The van der Waals surface area contributed by atoms with E-state index in [-0.39, 0.29) is 0 Å². The fraction of sp³-hybridized carbons (Fsp3) is 0. The molecule has 1 aromatic heterocycles. The molecule has 0 saturated heterocycles. The molecule has 11 aromatic rings. The van der Waals surface area contributed by atoms with Gasteiger partial charge in [0, 0.05) is 16.2 Å². The van der Waals surface area contributed by atoms with Crippen LogP contribution in [-0.2, 0) is 0 Å². The van der Waals surface area contributed by atoms with E-state index in [4.69, 9.17) is 4.42 Å². The topological polar surface area (TPSA) is 13.1 Å². The molecule has 0 N–H and O–H groups in total. The Bertz CT molecular complexity index is 3070. The largest absolute Gasteiger partial charge is 0.455 e. The molecule has 11 rings (SSSR count). The average Bonchev–Trinajstić information content (AvgIpc) is 3.55. The Kier molecular flexibility index (Phi) is 5.45.